The van der Waals surface area contributed by atoms with Gasteiger partial charge in [0, 0.05) is 82.1 Å². The molecule has 5 heteroatoms. The van der Waals surface area contributed by atoms with Gasteiger partial charge in [-0.05, 0) is 184 Å². The highest BCUT2D eigenvalue weighted by Gasteiger charge is 2.33. The van der Waals surface area contributed by atoms with E-state index in [0.717, 1.165) is 105 Å². The number of hydrogen-bond acceptors (Lipinski definition) is 3. The fraction of sp³-hybridized carbons (Fsp3) is 0.235. The first-order valence-electron chi connectivity index (χ1n) is 44.4. The number of benzene rings is 13. The minimum Gasteiger partial charge on any atom is -0.309 e. The second-order valence-corrected chi connectivity index (χ2v) is 37.8. The quantitative estimate of drug-likeness (QED) is 0.163. The smallest absolute Gasteiger partial charge is 0.0629 e. The van der Waals surface area contributed by atoms with Crippen LogP contribution in [0.4, 0.5) is 0 Å². The predicted octanol–water partition coefficient (Wildman–Crippen LogP) is 31.1. The van der Waals surface area contributed by atoms with Gasteiger partial charge in [-0.2, -0.15) is 0 Å². The molecule has 0 unspecified atom stereocenters. The Morgan fingerprint density at radius 3 is 0.888 bits per heavy atom. The first kappa shape index (κ1) is 55.5. The van der Waals surface area contributed by atoms with Crippen LogP contribution >= 0.6 is 34.0 Å². The molecule has 0 spiro atoms. The fourth-order valence-corrected chi connectivity index (χ4v) is 19.6. The van der Waals surface area contributed by atoms with Crippen molar-refractivity contribution in [1.29, 1.82) is 0 Å². The molecule has 0 aliphatic carbocycles. The topological polar surface area (TPSA) is 9.86 Å². The fourth-order valence-electron chi connectivity index (χ4n) is 16.2. The number of hydrogen-bond donors (Lipinski definition) is 0. The summed E-state index contributed by atoms with van der Waals surface area (Å²) in [6.07, 6.45) is 0. The Hall–Kier alpha value is -9.88. The van der Waals surface area contributed by atoms with Crippen molar-refractivity contribution < 1.29 is 20.6 Å². The molecular formula is C102H98N2S3. The van der Waals surface area contributed by atoms with Crippen LogP contribution in [-0.4, -0.2) is 9.13 Å². The van der Waals surface area contributed by atoms with Gasteiger partial charge in [-0.3, -0.25) is 0 Å². The molecule has 0 bridgehead atoms. The van der Waals surface area contributed by atoms with Crippen molar-refractivity contribution in [2.45, 2.75) is 157 Å². The molecule has 0 fully saturated rings. The third-order valence-electron chi connectivity index (χ3n) is 20.9. The minimum absolute atomic E-state index is 0.00484. The molecule has 107 heavy (non-hydrogen) atoms. The Morgan fingerprint density at radius 1 is 0.252 bits per heavy atom. The molecule has 0 saturated heterocycles. The molecule has 0 atom stereocenters. The second-order valence-electron chi connectivity index (χ2n) is 34.5. The van der Waals surface area contributed by atoms with E-state index in [0.29, 0.717) is 16.7 Å². The highest BCUT2D eigenvalue weighted by molar-refractivity contribution is 7.26. The van der Waals surface area contributed by atoms with Gasteiger partial charge in [-0.25, -0.2) is 0 Å². The predicted molar refractivity (Wildman–Crippen MR) is 475 cm³/mol. The van der Waals surface area contributed by atoms with Crippen molar-refractivity contribution in [3.8, 4) is 44.8 Å². The number of rotatable bonds is 5. The normalized spacial score (nSPS) is 14.7. The number of para-hydroxylation sites is 2. The van der Waals surface area contributed by atoms with Crippen LogP contribution in [0.1, 0.15) is 179 Å². The van der Waals surface area contributed by atoms with Gasteiger partial charge in [0.15, 0.2) is 0 Å². The standard InChI is InChI=1S/C42H43NS.C34H27NS.C26H28S/c1-40(2,3)27-18-20-32-30(24-27)31-25-28(41(4,5)6)19-21-33(31)43(32)34-22-23-36-38(39(34)42(7,8)9)37-29(16-13-17-35(37)44-36)26-14-11-10-12-15-26;1-34(2,3)33-28(35-26-17-9-7-14-24(26)25-15-8-10-18-27(25)35)20-21-30-32(33)31-23(16-11-19-29(31)36-30)22-12-5-4-6-13-22;1-25(2,3)19-15-16-21-23(24(19)26(4,5)6)22-18(13-10-14-20(22)27-21)17-11-8-7-9-12-17/h10-25H,1-9H3;4-21H,1-3H3;7-16H,1-6H3/i10D,11D,12D,14D,15D;4D,5D,6D,12D,13D;7D,8D,9D,11D,12D. The van der Waals surface area contributed by atoms with Gasteiger partial charge in [0.1, 0.15) is 0 Å². The van der Waals surface area contributed by atoms with Crippen LogP contribution in [0.15, 0.2) is 267 Å². The molecule has 18 rings (SSSR count). The summed E-state index contributed by atoms with van der Waals surface area (Å²) in [6.45, 7) is 40.2. The lowest BCUT2D eigenvalue weighted by atomic mass is 9.73. The molecular weight excluding hydrogens is 1350 g/mol. The van der Waals surface area contributed by atoms with Crippen molar-refractivity contribution in [3.05, 3.63) is 300 Å². The van der Waals surface area contributed by atoms with Gasteiger partial charge in [0.2, 0.25) is 0 Å². The van der Waals surface area contributed by atoms with E-state index in [2.05, 4.69) is 273 Å². The lowest BCUT2D eigenvalue weighted by molar-refractivity contribution is 0.535. The minimum atomic E-state index is -0.380. The molecule has 0 aliphatic heterocycles. The maximum atomic E-state index is 8.87. The summed E-state index contributed by atoms with van der Waals surface area (Å²) in [5.74, 6) is 0. The monoisotopic (exact) mass is 1460 g/mol. The summed E-state index contributed by atoms with van der Waals surface area (Å²) >= 11 is 5.05. The summed E-state index contributed by atoms with van der Waals surface area (Å²) in [5, 5.41) is 10.9. The van der Waals surface area contributed by atoms with Crippen molar-refractivity contribution in [3.63, 3.8) is 0 Å². The molecule has 534 valence electrons. The summed E-state index contributed by atoms with van der Waals surface area (Å²) < 4.78 is 138. The Kier molecular flexibility index (Phi) is 13.8. The molecule has 2 nitrogen and oxygen atoms in total. The highest BCUT2D eigenvalue weighted by atomic mass is 32.1. The van der Waals surface area contributed by atoms with E-state index in [4.69, 9.17) is 20.6 Å². The molecule has 0 saturated carbocycles. The van der Waals surface area contributed by atoms with Crippen LogP contribution in [0.5, 0.6) is 0 Å². The molecule has 0 aliphatic rings. The molecule has 5 heterocycles. The van der Waals surface area contributed by atoms with E-state index in [1.807, 2.05) is 36.4 Å². The highest BCUT2D eigenvalue weighted by Crippen LogP contribution is 2.52. The Bertz CT molecular complexity index is 7240. The van der Waals surface area contributed by atoms with Crippen molar-refractivity contribution in [2.24, 2.45) is 0 Å². The van der Waals surface area contributed by atoms with Crippen molar-refractivity contribution in [2.75, 3.05) is 0 Å². The van der Waals surface area contributed by atoms with E-state index >= 15 is 0 Å². The average molecular weight is 1460 g/mol. The van der Waals surface area contributed by atoms with Gasteiger partial charge in [0.05, 0.1) is 54.0 Å². The molecule has 0 N–H and O–H groups in total. The van der Waals surface area contributed by atoms with Gasteiger partial charge in [0.25, 0.3) is 0 Å². The maximum absolute atomic E-state index is 8.87. The van der Waals surface area contributed by atoms with E-state index < -0.39 is 0 Å². The lowest BCUT2D eigenvalue weighted by Crippen LogP contribution is -2.22. The molecule has 18 aromatic rings. The van der Waals surface area contributed by atoms with Crippen LogP contribution in [0.3, 0.4) is 0 Å². The molecule has 0 amide bonds. The van der Waals surface area contributed by atoms with Crippen LogP contribution in [0, 0.1) is 0 Å². The van der Waals surface area contributed by atoms with Gasteiger partial charge in [-0.15, -0.1) is 34.0 Å². The zero-order valence-electron chi connectivity index (χ0n) is 79.4. The molecule has 0 radical (unpaired) electrons. The van der Waals surface area contributed by atoms with Crippen molar-refractivity contribution in [1.82, 2.24) is 9.13 Å². The van der Waals surface area contributed by atoms with E-state index in [-0.39, 0.29) is 140 Å². The van der Waals surface area contributed by atoms with E-state index in [1.54, 1.807) is 34.0 Å². The maximum Gasteiger partial charge on any atom is 0.0629 e. The number of thiophene rings is 3. The van der Waals surface area contributed by atoms with Crippen molar-refractivity contribution >= 4 is 138 Å². The second kappa shape index (κ2) is 26.5. The first-order valence-corrected chi connectivity index (χ1v) is 39.4. The summed E-state index contributed by atoms with van der Waals surface area (Å²) in [7, 11) is 0. The van der Waals surface area contributed by atoms with E-state index in [1.165, 1.54) is 43.8 Å². The Morgan fingerprint density at radius 2 is 0.561 bits per heavy atom. The Balaban J connectivity index is 0.000000139. The zero-order valence-corrected chi connectivity index (χ0v) is 66.8. The summed E-state index contributed by atoms with van der Waals surface area (Å²) in [6, 6.07) is 57.5. The van der Waals surface area contributed by atoms with Gasteiger partial charge in [-0.1, -0.05) is 306 Å². The number of nitrogens with zero attached hydrogens (tertiary/aromatic N) is 2. The lowest BCUT2D eigenvalue weighted by Gasteiger charge is -2.31. The number of aromatic nitrogens is 2. The third kappa shape index (κ3) is 12.7. The van der Waals surface area contributed by atoms with Crippen LogP contribution in [0.2, 0.25) is 0 Å². The Labute approximate surface area is 665 Å². The van der Waals surface area contributed by atoms with Gasteiger partial charge < -0.3 is 9.13 Å². The average Bonchev–Trinajstić information content (AvgIpc) is 1.55. The largest absolute Gasteiger partial charge is 0.309 e. The number of fused-ring (bicyclic) bond motifs is 15. The molecule has 13 aromatic carbocycles. The van der Waals surface area contributed by atoms with Crippen LogP contribution in [-0.2, 0) is 32.5 Å². The van der Waals surface area contributed by atoms with Gasteiger partial charge >= 0.3 is 0 Å². The van der Waals surface area contributed by atoms with Crippen LogP contribution in [0.25, 0.3) is 149 Å². The summed E-state index contributed by atoms with van der Waals surface area (Å²) in [5.41, 5.74) is 16.1. The molecule has 5 aromatic heterocycles. The summed E-state index contributed by atoms with van der Waals surface area (Å²) in [4.78, 5) is 0. The van der Waals surface area contributed by atoms with E-state index in [9.17, 15) is 0 Å². The first-order chi connectivity index (χ1) is 57.1. The third-order valence-corrected chi connectivity index (χ3v) is 24.2. The SMILES string of the molecule is [2H]c1c([2H])c([2H])c(-c2cccc3sc4ccc(-n5c6ccc(C(C)(C)C)cc6c6cc(C(C)(C)C)ccc65)c(C(C)(C)C)c4c23)c([2H])c1[2H].[2H]c1c([2H])c([2H])c(-c2cccc3sc4ccc(-n5c6ccccc6c6ccccc65)c(C(C)(C)C)c4c23)c([2H])c1[2H].[2H]c1c([2H])c([2H])c(-c2cccc3sc4ccc(C(C)(C)C)c(C(C)(C)C)c4c23)c([2H])c1[2H]. The zero-order chi connectivity index (χ0) is 88.1. The van der Waals surface area contributed by atoms with Crippen LogP contribution < -0.4 is 0 Å².